The second-order valence-corrected chi connectivity index (χ2v) is 5.93. The third-order valence-electron chi connectivity index (χ3n) is 3.28. The largest absolute Gasteiger partial charge is 0.423 e. The first-order chi connectivity index (χ1) is 10.2. The molecule has 8 heteroatoms. The van der Waals surface area contributed by atoms with Gasteiger partial charge in [0.2, 0.25) is 11.8 Å². The van der Waals surface area contributed by atoms with Gasteiger partial charge in [-0.15, -0.1) is 21.5 Å². The molecule has 0 saturated heterocycles. The standard InChI is InChI=1S/C13H17N5O2S/c1-2-10-17-18-11(20-10)7-14-12(19)16-13-15-8-5-3-4-6-9(8)21-13/h2-7H2,1H3,(H2,14,15,16,19). The van der Waals surface area contributed by atoms with Crippen LogP contribution in [0.15, 0.2) is 4.42 Å². The lowest BCUT2D eigenvalue weighted by Crippen LogP contribution is -2.28. The van der Waals surface area contributed by atoms with E-state index in [0.717, 1.165) is 18.5 Å². The summed E-state index contributed by atoms with van der Waals surface area (Å²) in [6, 6.07) is -0.308. The monoisotopic (exact) mass is 307 g/mol. The summed E-state index contributed by atoms with van der Waals surface area (Å²) >= 11 is 1.56. The normalized spacial score (nSPS) is 13.8. The van der Waals surface area contributed by atoms with Gasteiger partial charge < -0.3 is 9.73 Å². The van der Waals surface area contributed by atoms with Crippen LogP contribution >= 0.6 is 11.3 Å². The predicted molar refractivity (Wildman–Crippen MR) is 78.3 cm³/mol. The molecule has 0 unspecified atom stereocenters. The number of hydrogen-bond acceptors (Lipinski definition) is 6. The number of thiazole rings is 1. The van der Waals surface area contributed by atoms with E-state index in [0.29, 0.717) is 23.3 Å². The molecule has 0 bridgehead atoms. The maximum atomic E-state index is 11.8. The number of fused-ring (bicyclic) bond motifs is 1. The number of nitrogens with one attached hydrogen (secondary N) is 2. The molecule has 2 heterocycles. The number of anilines is 1. The number of urea groups is 1. The van der Waals surface area contributed by atoms with E-state index in [4.69, 9.17) is 4.42 Å². The van der Waals surface area contributed by atoms with Crippen molar-refractivity contribution in [3.05, 3.63) is 22.4 Å². The summed E-state index contributed by atoms with van der Waals surface area (Å²) in [6.07, 6.45) is 5.15. The van der Waals surface area contributed by atoms with Gasteiger partial charge in [0.15, 0.2) is 5.13 Å². The highest BCUT2D eigenvalue weighted by Gasteiger charge is 2.16. The molecule has 0 aliphatic heterocycles. The molecule has 0 spiro atoms. The Balaban J connectivity index is 1.53. The van der Waals surface area contributed by atoms with Crippen LogP contribution in [0.2, 0.25) is 0 Å². The molecule has 2 amide bonds. The van der Waals surface area contributed by atoms with Crippen molar-refractivity contribution in [2.45, 2.75) is 45.6 Å². The molecule has 2 aromatic rings. The molecular weight excluding hydrogens is 290 g/mol. The molecule has 0 saturated carbocycles. The Morgan fingerprint density at radius 1 is 1.29 bits per heavy atom. The van der Waals surface area contributed by atoms with Crippen molar-refractivity contribution in [1.82, 2.24) is 20.5 Å². The molecule has 2 aromatic heterocycles. The first kappa shape index (κ1) is 14.0. The van der Waals surface area contributed by atoms with Gasteiger partial charge in [-0.3, -0.25) is 5.32 Å². The molecule has 7 nitrogen and oxygen atoms in total. The van der Waals surface area contributed by atoms with Gasteiger partial charge in [0.05, 0.1) is 12.2 Å². The molecular formula is C13H17N5O2S. The minimum absolute atomic E-state index is 0.212. The van der Waals surface area contributed by atoms with Gasteiger partial charge in [-0.05, 0) is 25.7 Å². The molecule has 1 aliphatic rings. The Kier molecular flexibility index (Phi) is 4.14. The van der Waals surface area contributed by atoms with Gasteiger partial charge >= 0.3 is 6.03 Å². The minimum Gasteiger partial charge on any atom is -0.423 e. The van der Waals surface area contributed by atoms with E-state index in [9.17, 15) is 4.79 Å². The second kappa shape index (κ2) is 6.21. The van der Waals surface area contributed by atoms with Crippen LogP contribution in [0.25, 0.3) is 0 Å². The van der Waals surface area contributed by atoms with Crippen LogP contribution < -0.4 is 10.6 Å². The molecule has 0 radical (unpaired) electrons. The molecule has 21 heavy (non-hydrogen) atoms. The summed E-state index contributed by atoms with van der Waals surface area (Å²) in [4.78, 5) is 17.6. The van der Waals surface area contributed by atoms with Crippen molar-refractivity contribution in [3.63, 3.8) is 0 Å². The highest BCUT2D eigenvalue weighted by atomic mass is 32.1. The van der Waals surface area contributed by atoms with Crippen LogP contribution in [0, 0.1) is 0 Å². The maximum absolute atomic E-state index is 11.8. The fraction of sp³-hybridized carbons (Fsp3) is 0.538. The zero-order valence-electron chi connectivity index (χ0n) is 11.8. The van der Waals surface area contributed by atoms with Gasteiger partial charge in [0.25, 0.3) is 0 Å². The van der Waals surface area contributed by atoms with E-state index in [1.165, 1.54) is 17.7 Å². The molecule has 2 N–H and O–H groups in total. The number of carbonyl (C=O) groups is 1. The third kappa shape index (κ3) is 3.38. The van der Waals surface area contributed by atoms with Crippen LogP contribution in [0.4, 0.5) is 9.93 Å². The van der Waals surface area contributed by atoms with Crippen molar-refractivity contribution in [1.29, 1.82) is 0 Å². The van der Waals surface area contributed by atoms with Crippen molar-refractivity contribution >= 4 is 22.5 Å². The first-order valence-electron chi connectivity index (χ1n) is 7.09. The molecule has 112 valence electrons. The second-order valence-electron chi connectivity index (χ2n) is 4.85. The Bertz CT molecular complexity index is 613. The lowest BCUT2D eigenvalue weighted by Gasteiger charge is -2.06. The number of aromatic nitrogens is 3. The number of amides is 2. The minimum atomic E-state index is -0.308. The highest BCUT2D eigenvalue weighted by Crippen LogP contribution is 2.29. The maximum Gasteiger partial charge on any atom is 0.321 e. The van der Waals surface area contributed by atoms with Crippen molar-refractivity contribution in [3.8, 4) is 0 Å². The number of hydrogen-bond donors (Lipinski definition) is 2. The lowest BCUT2D eigenvalue weighted by molar-refractivity contribution is 0.250. The summed E-state index contributed by atoms with van der Waals surface area (Å²) in [5, 5.41) is 13.8. The van der Waals surface area contributed by atoms with Crippen LogP contribution in [0.5, 0.6) is 0 Å². The van der Waals surface area contributed by atoms with Crippen LogP contribution in [0.3, 0.4) is 0 Å². The van der Waals surface area contributed by atoms with E-state index >= 15 is 0 Å². The van der Waals surface area contributed by atoms with Crippen molar-refractivity contribution < 1.29 is 9.21 Å². The zero-order chi connectivity index (χ0) is 14.7. The summed E-state index contributed by atoms with van der Waals surface area (Å²) in [6.45, 7) is 2.14. The Hall–Kier alpha value is -1.96. The number of nitrogens with zero attached hydrogens (tertiary/aromatic N) is 3. The van der Waals surface area contributed by atoms with Crippen LogP contribution in [-0.2, 0) is 25.8 Å². The molecule has 1 aliphatic carbocycles. The van der Waals surface area contributed by atoms with Gasteiger partial charge in [-0.1, -0.05) is 6.92 Å². The van der Waals surface area contributed by atoms with Gasteiger partial charge in [0.1, 0.15) is 0 Å². The van der Waals surface area contributed by atoms with Crippen LogP contribution in [0.1, 0.15) is 42.1 Å². The predicted octanol–water partition coefficient (Wildman–Crippen LogP) is 2.29. The number of carbonyl (C=O) groups excluding carboxylic acids is 1. The lowest BCUT2D eigenvalue weighted by atomic mass is 10.0. The summed E-state index contributed by atoms with van der Waals surface area (Å²) in [5.74, 6) is 0.972. The number of rotatable bonds is 4. The average Bonchev–Trinajstić information content (AvgIpc) is 3.10. The van der Waals surface area contributed by atoms with E-state index in [1.54, 1.807) is 11.3 Å². The van der Waals surface area contributed by atoms with E-state index in [1.807, 2.05) is 6.92 Å². The van der Waals surface area contributed by atoms with Gasteiger partial charge in [-0.2, -0.15) is 0 Å². The van der Waals surface area contributed by atoms with E-state index in [-0.39, 0.29) is 12.6 Å². The average molecular weight is 307 g/mol. The van der Waals surface area contributed by atoms with E-state index in [2.05, 4.69) is 25.8 Å². The fourth-order valence-corrected chi connectivity index (χ4v) is 3.25. The molecule has 0 aromatic carbocycles. The van der Waals surface area contributed by atoms with Crippen LogP contribution in [-0.4, -0.2) is 21.2 Å². The van der Waals surface area contributed by atoms with Gasteiger partial charge in [-0.25, -0.2) is 9.78 Å². The molecule has 3 rings (SSSR count). The Labute approximate surface area is 126 Å². The van der Waals surface area contributed by atoms with E-state index < -0.39 is 0 Å². The fourth-order valence-electron chi connectivity index (χ4n) is 2.21. The summed E-state index contributed by atoms with van der Waals surface area (Å²) < 4.78 is 5.32. The summed E-state index contributed by atoms with van der Waals surface area (Å²) in [7, 11) is 0. The van der Waals surface area contributed by atoms with Crippen molar-refractivity contribution in [2.75, 3.05) is 5.32 Å². The topological polar surface area (TPSA) is 92.9 Å². The highest BCUT2D eigenvalue weighted by molar-refractivity contribution is 7.15. The van der Waals surface area contributed by atoms with Crippen molar-refractivity contribution in [2.24, 2.45) is 0 Å². The Morgan fingerprint density at radius 2 is 2.10 bits per heavy atom. The smallest absolute Gasteiger partial charge is 0.321 e. The summed E-state index contributed by atoms with van der Waals surface area (Å²) in [5.41, 5.74) is 1.13. The number of aryl methyl sites for hydroxylation is 3. The Morgan fingerprint density at radius 3 is 2.86 bits per heavy atom. The SMILES string of the molecule is CCc1nnc(CNC(=O)Nc2nc3c(s2)CCCC3)o1. The third-order valence-corrected chi connectivity index (χ3v) is 4.35. The first-order valence-corrected chi connectivity index (χ1v) is 7.91. The van der Waals surface area contributed by atoms with Gasteiger partial charge in [0, 0.05) is 11.3 Å². The molecule has 0 fully saturated rings. The molecule has 0 atom stereocenters. The zero-order valence-corrected chi connectivity index (χ0v) is 12.6. The quantitative estimate of drug-likeness (QED) is 0.904.